The molecule has 20 heavy (non-hydrogen) atoms. The summed E-state index contributed by atoms with van der Waals surface area (Å²) in [4.78, 5) is 8.43. The standard InChI is InChI=1S/C14H24N4O2/c1-4-5-12-13(18-15)16-8-17-14(12)20-11-6-9(2)19-10(3)7-11/h8-11H,4-7,15H2,1-3H3,(H,16,17,18). The molecule has 3 N–H and O–H groups in total. The fourth-order valence-corrected chi connectivity index (χ4v) is 2.70. The number of aromatic nitrogens is 2. The summed E-state index contributed by atoms with van der Waals surface area (Å²) in [5.41, 5.74) is 3.57. The van der Waals surface area contributed by atoms with Crippen molar-refractivity contribution in [3.8, 4) is 5.88 Å². The molecule has 2 rings (SSSR count). The van der Waals surface area contributed by atoms with E-state index in [1.54, 1.807) is 0 Å². The summed E-state index contributed by atoms with van der Waals surface area (Å²) < 4.78 is 11.8. The van der Waals surface area contributed by atoms with E-state index in [9.17, 15) is 0 Å². The molecule has 1 aliphatic heterocycles. The van der Waals surface area contributed by atoms with Crippen LogP contribution < -0.4 is 16.0 Å². The van der Waals surface area contributed by atoms with E-state index in [0.717, 1.165) is 31.2 Å². The summed E-state index contributed by atoms with van der Waals surface area (Å²) in [7, 11) is 0. The van der Waals surface area contributed by atoms with Crippen LogP contribution >= 0.6 is 0 Å². The van der Waals surface area contributed by atoms with E-state index in [2.05, 4.69) is 36.2 Å². The maximum absolute atomic E-state index is 6.10. The fourth-order valence-electron chi connectivity index (χ4n) is 2.70. The molecule has 112 valence electrons. The van der Waals surface area contributed by atoms with E-state index >= 15 is 0 Å². The Balaban J connectivity index is 2.15. The maximum atomic E-state index is 6.10. The molecule has 1 aromatic heterocycles. The first kappa shape index (κ1) is 15.0. The Labute approximate surface area is 120 Å². The first-order valence-corrected chi connectivity index (χ1v) is 7.26. The van der Waals surface area contributed by atoms with Gasteiger partial charge in [0.15, 0.2) is 0 Å². The van der Waals surface area contributed by atoms with Crippen molar-refractivity contribution >= 4 is 5.82 Å². The number of ether oxygens (including phenoxy) is 2. The van der Waals surface area contributed by atoms with Crippen molar-refractivity contribution < 1.29 is 9.47 Å². The lowest BCUT2D eigenvalue weighted by molar-refractivity contribution is -0.0731. The van der Waals surface area contributed by atoms with Crippen molar-refractivity contribution in [3.63, 3.8) is 0 Å². The van der Waals surface area contributed by atoms with Gasteiger partial charge in [0.25, 0.3) is 0 Å². The third-order valence-corrected chi connectivity index (χ3v) is 3.48. The predicted octanol–water partition coefficient (Wildman–Crippen LogP) is 2.05. The van der Waals surface area contributed by atoms with Crippen LogP contribution in [0.5, 0.6) is 5.88 Å². The number of nitrogens with two attached hydrogens (primary N) is 1. The largest absolute Gasteiger partial charge is 0.474 e. The van der Waals surface area contributed by atoms with Crippen LogP contribution in [-0.4, -0.2) is 28.3 Å². The van der Waals surface area contributed by atoms with Crippen molar-refractivity contribution in [2.24, 2.45) is 5.84 Å². The molecule has 0 bridgehead atoms. The van der Waals surface area contributed by atoms with Gasteiger partial charge in [-0.05, 0) is 20.3 Å². The molecule has 2 unspecified atom stereocenters. The summed E-state index contributed by atoms with van der Waals surface area (Å²) in [6.07, 6.45) is 5.62. The molecule has 0 aliphatic carbocycles. The highest BCUT2D eigenvalue weighted by atomic mass is 16.5. The average Bonchev–Trinajstić information content (AvgIpc) is 2.39. The molecule has 1 fully saturated rings. The van der Waals surface area contributed by atoms with Crippen LogP contribution in [0.4, 0.5) is 5.82 Å². The van der Waals surface area contributed by atoms with E-state index in [1.165, 1.54) is 6.33 Å². The molecule has 0 radical (unpaired) electrons. The van der Waals surface area contributed by atoms with Gasteiger partial charge >= 0.3 is 0 Å². The highest BCUT2D eigenvalue weighted by Crippen LogP contribution is 2.28. The first-order valence-electron chi connectivity index (χ1n) is 7.26. The number of nitrogen functional groups attached to an aromatic ring is 1. The van der Waals surface area contributed by atoms with Gasteiger partial charge in [0, 0.05) is 12.8 Å². The first-order chi connectivity index (χ1) is 9.63. The molecule has 0 amide bonds. The lowest BCUT2D eigenvalue weighted by Gasteiger charge is -2.32. The van der Waals surface area contributed by atoms with Crippen LogP contribution in [0.2, 0.25) is 0 Å². The Morgan fingerprint density at radius 3 is 2.65 bits per heavy atom. The smallest absolute Gasteiger partial charge is 0.222 e. The van der Waals surface area contributed by atoms with E-state index in [0.29, 0.717) is 11.7 Å². The van der Waals surface area contributed by atoms with E-state index < -0.39 is 0 Å². The highest BCUT2D eigenvalue weighted by Gasteiger charge is 2.27. The minimum absolute atomic E-state index is 0.130. The van der Waals surface area contributed by atoms with Gasteiger partial charge in [-0.1, -0.05) is 13.3 Å². The molecule has 1 aromatic rings. The molecular formula is C14H24N4O2. The Hall–Kier alpha value is -1.40. The predicted molar refractivity (Wildman–Crippen MR) is 77.5 cm³/mol. The number of anilines is 1. The van der Waals surface area contributed by atoms with Gasteiger partial charge in [-0.25, -0.2) is 15.8 Å². The second kappa shape index (κ2) is 6.85. The van der Waals surface area contributed by atoms with Crippen LogP contribution in [0.3, 0.4) is 0 Å². The van der Waals surface area contributed by atoms with Crippen molar-refractivity contribution in [2.45, 2.75) is 64.8 Å². The van der Waals surface area contributed by atoms with Crippen LogP contribution in [-0.2, 0) is 11.2 Å². The van der Waals surface area contributed by atoms with Gasteiger partial charge < -0.3 is 14.9 Å². The minimum Gasteiger partial charge on any atom is -0.474 e. The van der Waals surface area contributed by atoms with Crippen LogP contribution in [0.25, 0.3) is 0 Å². The molecule has 6 nitrogen and oxygen atoms in total. The number of hydrazine groups is 1. The summed E-state index contributed by atoms with van der Waals surface area (Å²) >= 11 is 0. The Bertz CT molecular complexity index is 431. The molecule has 2 atom stereocenters. The SMILES string of the molecule is CCCc1c(NN)ncnc1OC1CC(C)OC(C)C1. The van der Waals surface area contributed by atoms with Gasteiger partial charge in [-0.2, -0.15) is 0 Å². The molecule has 6 heteroatoms. The molecule has 0 aromatic carbocycles. The van der Waals surface area contributed by atoms with Crippen molar-refractivity contribution in [2.75, 3.05) is 5.43 Å². The third-order valence-electron chi connectivity index (χ3n) is 3.48. The Kier molecular flexibility index (Phi) is 5.14. The van der Waals surface area contributed by atoms with Crippen LogP contribution in [0, 0.1) is 0 Å². The second-order valence-electron chi connectivity index (χ2n) is 5.37. The van der Waals surface area contributed by atoms with Crippen molar-refractivity contribution in [3.05, 3.63) is 11.9 Å². The van der Waals surface area contributed by atoms with Gasteiger partial charge in [0.05, 0.1) is 17.8 Å². The zero-order valence-corrected chi connectivity index (χ0v) is 12.4. The molecule has 0 spiro atoms. The highest BCUT2D eigenvalue weighted by molar-refractivity contribution is 5.47. The normalized spacial score (nSPS) is 26.3. The van der Waals surface area contributed by atoms with Crippen LogP contribution in [0.1, 0.15) is 45.6 Å². The summed E-state index contributed by atoms with van der Waals surface area (Å²) in [5.74, 6) is 6.79. The zero-order chi connectivity index (χ0) is 14.5. The zero-order valence-electron chi connectivity index (χ0n) is 12.4. The summed E-state index contributed by atoms with van der Waals surface area (Å²) in [5, 5.41) is 0. The average molecular weight is 280 g/mol. The van der Waals surface area contributed by atoms with Crippen molar-refractivity contribution in [1.82, 2.24) is 9.97 Å². The Morgan fingerprint density at radius 1 is 1.35 bits per heavy atom. The number of hydrogen-bond donors (Lipinski definition) is 2. The number of rotatable bonds is 5. The van der Waals surface area contributed by atoms with Crippen LogP contribution in [0.15, 0.2) is 6.33 Å². The minimum atomic E-state index is 0.130. The van der Waals surface area contributed by atoms with Crippen molar-refractivity contribution in [1.29, 1.82) is 0 Å². The lowest BCUT2D eigenvalue weighted by Crippen LogP contribution is -2.36. The Morgan fingerprint density at radius 2 is 2.05 bits per heavy atom. The van der Waals surface area contributed by atoms with Gasteiger partial charge in [0.2, 0.25) is 5.88 Å². The third kappa shape index (κ3) is 3.58. The molecule has 1 aliphatic rings. The molecule has 2 heterocycles. The topological polar surface area (TPSA) is 82.3 Å². The number of nitrogens with one attached hydrogen (secondary N) is 1. The van der Waals surface area contributed by atoms with Gasteiger partial charge in [-0.3, -0.25) is 0 Å². The maximum Gasteiger partial charge on any atom is 0.222 e. The fraction of sp³-hybridized carbons (Fsp3) is 0.714. The second-order valence-corrected chi connectivity index (χ2v) is 5.37. The van der Waals surface area contributed by atoms with Gasteiger partial charge in [0.1, 0.15) is 18.2 Å². The molecule has 0 saturated carbocycles. The van der Waals surface area contributed by atoms with E-state index in [1.807, 2.05) is 0 Å². The number of hydrogen-bond acceptors (Lipinski definition) is 6. The monoisotopic (exact) mass is 280 g/mol. The summed E-state index contributed by atoms with van der Waals surface area (Å²) in [6, 6.07) is 0. The van der Waals surface area contributed by atoms with E-state index in [-0.39, 0.29) is 18.3 Å². The molecular weight excluding hydrogens is 256 g/mol. The number of nitrogens with zero attached hydrogens (tertiary/aromatic N) is 2. The summed E-state index contributed by atoms with van der Waals surface area (Å²) in [6.45, 7) is 6.26. The van der Waals surface area contributed by atoms with E-state index in [4.69, 9.17) is 15.3 Å². The quantitative estimate of drug-likeness (QED) is 0.634. The van der Waals surface area contributed by atoms with Gasteiger partial charge in [-0.15, -0.1) is 0 Å². The molecule has 1 saturated heterocycles. The lowest BCUT2D eigenvalue weighted by atomic mass is 10.0.